The molecular weight excluding hydrogens is 393 g/mol. The van der Waals surface area contributed by atoms with Gasteiger partial charge in [-0.3, -0.25) is 0 Å². The van der Waals surface area contributed by atoms with Crippen LogP contribution in [0.3, 0.4) is 0 Å². The van der Waals surface area contributed by atoms with Gasteiger partial charge in [0.1, 0.15) is 0 Å². The summed E-state index contributed by atoms with van der Waals surface area (Å²) >= 11 is 4.22. The van der Waals surface area contributed by atoms with Gasteiger partial charge in [-0.05, 0) is 67.3 Å². The number of fused-ring (bicyclic) bond motifs is 1. The Hall–Kier alpha value is 0.340. The number of halogens is 1. The van der Waals surface area contributed by atoms with Crippen LogP contribution >= 0.6 is 33.9 Å². The molecule has 0 saturated carbocycles. The van der Waals surface area contributed by atoms with Crippen molar-refractivity contribution >= 4 is 43.8 Å². The monoisotopic (exact) mass is 413 g/mol. The lowest BCUT2D eigenvalue weighted by Crippen LogP contribution is -2.43. The fraction of sp³-hybridized carbons (Fsp3) is 0.692. The molecule has 0 saturated heterocycles. The van der Waals surface area contributed by atoms with Crippen LogP contribution in [0.1, 0.15) is 43.2 Å². The van der Waals surface area contributed by atoms with Crippen LogP contribution in [-0.2, 0) is 16.3 Å². The Balaban J connectivity index is 2.10. The van der Waals surface area contributed by atoms with Crippen LogP contribution in [0.25, 0.3) is 0 Å². The summed E-state index contributed by atoms with van der Waals surface area (Å²) in [5.41, 5.74) is 1.38. The summed E-state index contributed by atoms with van der Waals surface area (Å²) in [5.74, 6) is 0. The topological polar surface area (TPSA) is 46.2 Å². The van der Waals surface area contributed by atoms with Gasteiger partial charge in [0.2, 0.25) is 0 Å². The van der Waals surface area contributed by atoms with Crippen LogP contribution in [0.4, 0.5) is 0 Å². The average molecular weight is 413 g/mol. The molecule has 1 heterocycles. The lowest BCUT2D eigenvalue weighted by Gasteiger charge is -2.29. The first-order valence-electron chi connectivity index (χ1n) is 6.42. The maximum absolute atomic E-state index is 11.7. The summed E-state index contributed by atoms with van der Waals surface area (Å²) in [5, 5.41) is 3.46. The SMILES string of the molecule is CC(C)(CNC1CCCc2sc(I)cc21)S(C)(=O)=O. The maximum atomic E-state index is 11.7. The lowest BCUT2D eigenvalue weighted by atomic mass is 9.94. The van der Waals surface area contributed by atoms with E-state index in [1.54, 1.807) is 13.8 Å². The Morgan fingerprint density at radius 1 is 1.53 bits per heavy atom. The minimum Gasteiger partial charge on any atom is -0.308 e. The van der Waals surface area contributed by atoms with Gasteiger partial charge in [-0.2, -0.15) is 0 Å². The van der Waals surface area contributed by atoms with Gasteiger partial charge >= 0.3 is 0 Å². The largest absolute Gasteiger partial charge is 0.308 e. The van der Waals surface area contributed by atoms with Crippen molar-refractivity contribution in [3.05, 3.63) is 19.4 Å². The molecule has 1 unspecified atom stereocenters. The first-order chi connectivity index (χ1) is 8.71. The Labute approximate surface area is 133 Å². The van der Waals surface area contributed by atoms with E-state index in [0.717, 1.165) is 12.8 Å². The molecule has 0 aliphatic heterocycles. The zero-order valence-corrected chi connectivity index (χ0v) is 15.3. The number of sulfone groups is 1. The quantitative estimate of drug-likeness (QED) is 0.772. The molecule has 19 heavy (non-hydrogen) atoms. The highest BCUT2D eigenvalue weighted by Crippen LogP contribution is 2.36. The van der Waals surface area contributed by atoms with Crippen molar-refractivity contribution in [3.8, 4) is 0 Å². The molecule has 1 aliphatic carbocycles. The van der Waals surface area contributed by atoms with Gasteiger partial charge in [-0.15, -0.1) is 11.3 Å². The van der Waals surface area contributed by atoms with E-state index in [1.165, 1.54) is 26.0 Å². The summed E-state index contributed by atoms with van der Waals surface area (Å²) in [4.78, 5) is 1.46. The van der Waals surface area contributed by atoms with Crippen LogP contribution in [-0.4, -0.2) is 26.0 Å². The second-order valence-corrected chi connectivity index (χ2v) is 11.5. The molecule has 1 aromatic rings. The fourth-order valence-electron chi connectivity index (χ4n) is 2.23. The number of hydrogen-bond acceptors (Lipinski definition) is 4. The Morgan fingerprint density at radius 3 is 2.84 bits per heavy atom. The Morgan fingerprint density at radius 2 is 2.21 bits per heavy atom. The number of thiophene rings is 1. The molecule has 108 valence electrons. The molecular formula is C13H20INO2S2. The van der Waals surface area contributed by atoms with Crippen molar-refractivity contribution in [2.75, 3.05) is 12.8 Å². The highest BCUT2D eigenvalue weighted by Gasteiger charge is 2.32. The summed E-state index contributed by atoms with van der Waals surface area (Å²) < 4.78 is 24.1. The van der Waals surface area contributed by atoms with E-state index in [-0.39, 0.29) is 0 Å². The van der Waals surface area contributed by atoms with Gasteiger partial charge in [-0.1, -0.05) is 0 Å². The third kappa shape index (κ3) is 3.51. The van der Waals surface area contributed by atoms with Crippen molar-refractivity contribution in [2.45, 2.75) is 43.9 Å². The van der Waals surface area contributed by atoms with Crippen molar-refractivity contribution in [1.29, 1.82) is 0 Å². The Kier molecular flexibility index (Phi) is 4.65. The molecule has 1 N–H and O–H groups in total. The third-order valence-electron chi connectivity index (χ3n) is 3.86. The molecule has 0 bridgehead atoms. The minimum atomic E-state index is -3.04. The summed E-state index contributed by atoms with van der Waals surface area (Å²) in [6.45, 7) is 4.08. The second kappa shape index (κ2) is 5.61. The molecule has 0 fully saturated rings. The van der Waals surface area contributed by atoms with Crippen molar-refractivity contribution in [1.82, 2.24) is 5.32 Å². The summed E-state index contributed by atoms with van der Waals surface area (Å²) in [7, 11) is -3.04. The number of rotatable bonds is 4. The predicted octanol–water partition coefficient (Wildman–Crippen LogP) is 3.14. The molecule has 1 atom stereocenters. The molecule has 3 nitrogen and oxygen atoms in total. The van der Waals surface area contributed by atoms with E-state index >= 15 is 0 Å². The average Bonchev–Trinajstić information content (AvgIpc) is 2.65. The molecule has 1 aliphatic rings. The molecule has 0 radical (unpaired) electrons. The van der Waals surface area contributed by atoms with E-state index in [9.17, 15) is 8.42 Å². The number of nitrogens with one attached hydrogen (secondary N) is 1. The van der Waals surface area contributed by atoms with Crippen molar-refractivity contribution in [2.24, 2.45) is 0 Å². The lowest BCUT2D eigenvalue weighted by molar-refractivity contribution is 0.432. The van der Waals surface area contributed by atoms with Crippen LogP contribution in [0.2, 0.25) is 0 Å². The van der Waals surface area contributed by atoms with E-state index in [4.69, 9.17) is 0 Å². The van der Waals surface area contributed by atoms with Gasteiger partial charge in [-0.25, -0.2) is 8.42 Å². The van der Waals surface area contributed by atoms with E-state index in [0.29, 0.717) is 12.6 Å². The highest BCUT2D eigenvalue weighted by molar-refractivity contribution is 14.1. The van der Waals surface area contributed by atoms with E-state index < -0.39 is 14.6 Å². The normalized spacial score (nSPS) is 20.3. The molecule has 2 rings (SSSR count). The first-order valence-corrected chi connectivity index (χ1v) is 10.2. The fourth-order valence-corrected chi connectivity index (χ4v) is 4.70. The Bertz CT molecular complexity index is 563. The minimum absolute atomic E-state index is 0.310. The van der Waals surface area contributed by atoms with Crippen LogP contribution < -0.4 is 5.32 Å². The predicted molar refractivity (Wildman–Crippen MR) is 89.6 cm³/mol. The zero-order chi connectivity index (χ0) is 14.3. The maximum Gasteiger partial charge on any atom is 0.153 e. The zero-order valence-electron chi connectivity index (χ0n) is 11.5. The first kappa shape index (κ1) is 15.7. The van der Waals surface area contributed by atoms with Gasteiger partial charge < -0.3 is 5.32 Å². The standard InChI is InChI=1S/C13H20INO2S2/c1-13(2,19(3,16)17)8-15-10-5-4-6-11-9(10)7-12(14)18-11/h7,10,15H,4-6,8H2,1-3H3. The van der Waals surface area contributed by atoms with Gasteiger partial charge in [0.15, 0.2) is 9.84 Å². The van der Waals surface area contributed by atoms with Gasteiger partial charge in [0.05, 0.1) is 7.63 Å². The van der Waals surface area contributed by atoms with Crippen LogP contribution in [0, 0.1) is 2.88 Å². The highest BCUT2D eigenvalue weighted by atomic mass is 127. The van der Waals surface area contributed by atoms with Crippen molar-refractivity contribution < 1.29 is 8.42 Å². The van der Waals surface area contributed by atoms with Gasteiger partial charge in [0, 0.05) is 23.7 Å². The van der Waals surface area contributed by atoms with E-state index in [2.05, 4.69) is 34.0 Å². The number of aryl methyl sites for hydroxylation is 1. The van der Waals surface area contributed by atoms with Crippen LogP contribution in [0.5, 0.6) is 0 Å². The molecule has 6 heteroatoms. The molecule has 0 spiro atoms. The smallest absolute Gasteiger partial charge is 0.153 e. The number of hydrogen-bond donors (Lipinski definition) is 1. The van der Waals surface area contributed by atoms with Crippen molar-refractivity contribution in [3.63, 3.8) is 0 Å². The second-order valence-electron chi connectivity index (χ2n) is 5.79. The summed E-state index contributed by atoms with van der Waals surface area (Å²) in [6.07, 6.45) is 4.76. The molecule has 1 aromatic heterocycles. The van der Waals surface area contributed by atoms with E-state index in [1.807, 2.05) is 11.3 Å². The molecule has 0 aromatic carbocycles. The molecule has 0 amide bonds. The van der Waals surface area contributed by atoms with Gasteiger partial charge in [0.25, 0.3) is 0 Å². The summed E-state index contributed by atoms with van der Waals surface area (Å²) in [6, 6.07) is 2.55. The van der Waals surface area contributed by atoms with Crippen LogP contribution in [0.15, 0.2) is 6.07 Å². The third-order valence-corrected chi connectivity index (χ3v) is 7.98.